The van der Waals surface area contributed by atoms with Crippen molar-refractivity contribution in [2.75, 3.05) is 18.5 Å². The van der Waals surface area contributed by atoms with Crippen molar-refractivity contribution < 1.29 is 23.5 Å². The van der Waals surface area contributed by atoms with Crippen LogP contribution in [0.4, 0.5) is 10.1 Å². The quantitative estimate of drug-likeness (QED) is 0.581. The number of halogens is 2. The Hall–Kier alpha value is -2.93. The highest BCUT2D eigenvalue weighted by Crippen LogP contribution is 2.52. The lowest BCUT2D eigenvalue weighted by molar-refractivity contribution is -0.135. The van der Waals surface area contributed by atoms with E-state index in [4.69, 9.17) is 16.3 Å². The summed E-state index contributed by atoms with van der Waals surface area (Å²) in [6.07, 6.45) is 2.95. The molecule has 1 aliphatic carbocycles. The molecule has 0 radical (unpaired) electrons. The summed E-state index contributed by atoms with van der Waals surface area (Å²) in [6, 6.07) is 9.52. The molecule has 4 rings (SSSR count). The third kappa shape index (κ3) is 5.25. The number of benzene rings is 2. The van der Waals surface area contributed by atoms with E-state index in [2.05, 4.69) is 26.1 Å². The Labute approximate surface area is 203 Å². The Morgan fingerprint density at radius 3 is 2.53 bits per heavy atom. The first kappa shape index (κ1) is 24.2. The number of nitrogens with zero attached hydrogens (tertiary/aromatic N) is 1. The van der Waals surface area contributed by atoms with Gasteiger partial charge < -0.3 is 15.0 Å². The molecule has 1 aliphatic heterocycles. The van der Waals surface area contributed by atoms with Gasteiger partial charge in [-0.25, -0.2) is 9.18 Å². The number of esters is 1. The van der Waals surface area contributed by atoms with Crippen LogP contribution in [0.3, 0.4) is 0 Å². The van der Waals surface area contributed by atoms with Crippen LogP contribution in [0, 0.1) is 16.6 Å². The zero-order valence-electron chi connectivity index (χ0n) is 19.5. The number of fused-ring (bicyclic) bond motifs is 2. The molecule has 2 aromatic rings. The molecule has 0 aromatic heterocycles. The summed E-state index contributed by atoms with van der Waals surface area (Å²) in [6.45, 7) is 6.96. The monoisotopic (exact) mass is 486 g/mol. The molecule has 2 aliphatic rings. The van der Waals surface area contributed by atoms with Crippen molar-refractivity contribution in [3.05, 3.63) is 64.4 Å². The van der Waals surface area contributed by atoms with Crippen LogP contribution < -0.4 is 5.32 Å². The molecule has 2 fully saturated rings. The molecular weight excluding hydrogens is 459 g/mol. The second-order valence-corrected chi connectivity index (χ2v) is 10.9. The molecule has 1 N–H and O–H groups in total. The number of anilines is 1. The Morgan fingerprint density at radius 1 is 1.12 bits per heavy atom. The van der Waals surface area contributed by atoms with E-state index in [0.717, 1.165) is 19.3 Å². The maximum absolute atomic E-state index is 13.2. The minimum Gasteiger partial charge on any atom is -0.452 e. The molecule has 1 heterocycles. The van der Waals surface area contributed by atoms with Gasteiger partial charge in [-0.1, -0.05) is 32.4 Å². The van der Waals surface area contributed by atoms with Gasteiger partial charge >= 0.3 is 5.97 Å². The molecule has 2 aromatic carbocycles. The van der Waals surface area contributed by atoms with Crippen LogP contribution in [-0.4, -0.2) is 41.9 Å². The van der Waals surface area contributed by atoms with Crippen LogP contribution in [-0.2, 0) is 9.53 Å². The number of likely N-dealkylation sites (tertiary alicyclic amines) is 1. The van der Waals surface area contributed by atoms with Gasteiger partial charge in [-0.2, -0.15) is 0 Å². The van der Waals surface area contributed by atoms with Gasteiger partial charge in [0.05, 0.1) is 11.3 Å². The summed E-state index contributed by atoms with van der Waals surface area (Å²) in [5, 5.41) is 2.92. The topological polar surface area (TPSA) is 75.7 Å². The number of ether oxygens (including phenoxy) is 1. The standard InChI is InChI=1S/C26H28ClFN2O4/c1-25(2)11-19-12-26(3,14-25)15-30(19)22(31)13-34-24(33)20-9-6-17(27)10-21(20)29-23(32)16-4-7-18(28)8-5-16/h4-10,19H,11-15H2,1-3H3,(H,29,32). The third-order valence-electron chi connectivity index (χ3n) is 6.62. The minimum atomic E-state index is -0.742. The maximum Gasteiger partial charge on any atom is 0.340 e. The highest BCUT2D eigenvalue weighted by molar-refractivity contribution is 6.31. The molecule has 34 heavy (non-hydrogen) atoms. The predicted octanol–water partition coefficient (Wildman–Crippen LogP) is 5.32. The Balaban J connectivity index is 1.43. The molecule has 2 atom stereocenters. The Bertz CT molecular complexity index is 1130. The first-order valence-electron chi connectivity index (χ1n) is 11.3. The van der Waals surface area contributed by atoms with Gasteiger partial charge in [-0.15, -0.1) is 0 Å². The van der Waals surface area contributed by atoms with Crippen LogP contribution >= 0.6 is 11.6 Å². The highest BCUT2D eigenvalue weighted by atomic mass is 35.5. The SMILES string of the molecule is CC1(C)CC2CC(C)(CN2C(=O)COC(=O)c2ccc(Cl)cc2NC(=O)c2ccc(F)cc2)C1. The fourth-order valence-corrected chi connectivity index (χ4v) is 5.81. The van der Waals surface area contributed by atoms with Gasteiger partial charge in [0.25, 0.3) is 11.8 Å². The van der Waals surface area contributed by atoms with Crippen LogP contribution in [0.2, 0.25) is 5.02 Å². The van der Waals surface area contributed by atoms with Crippen molar-refractivity contribution in [2.45, 2.75) is 46.1 Å². The normalized spacial score (nSPS) is 22.9. The zero-order chi connectivity index (χ0) is 24.7. The number of rotatable bonds is 5. The van der Waals surface area contributed by atoms with Gasteiger partial charge in [-0.3, -0.25) is 9.59 Å². The summed E-state index contributed by atoms with van der Waals surface area (Å²) in [4.78, 5) is 40.1. The smallest absolute Gasteiger partial charge is 0.340 e. The second kappa shape index (κ2) is 9.02. The molecule has 1 saturated carbocycles. The van der Waals surface area contributed by atoms with Gasteiger partial charge in [0.15, 0.2) is 6.61 Å². The van der Waals surface area contributed by atoms with E-state index in [-0.39, 0.29) is 46.2 Å². The van der Waals surface area contributed by atoms with Crippen molar-refractivity contribution in [1.82, 2.24) is 4.90 Å². The number of carbonyl (C=O) groups is 3. The van der Waals surface area contributed by atoms with Crippen LogP contribution in [0.25, 0.3) is 0 Å². The zero-order valence-corrected chi connectivity index (χ0v) is 20.2. The van der Waals surface area contributed by atoms with Crippen LogP contribution in [0.15, 0.2) is 42.5 Å². The molecule has 1 saturated heterocycles. The minimum absolute atomic E-state index is 0.0703. The first-order valence-corrected chi connectivity index (χ1v) is 11.7. The van der Waals surface area contributed by atoms with E-state index in [9.17, 15) is 18.8 Å². The van der Waals surface area contributed by atoms with Crippen LogP contribution in [0.5, 0.6) is 0 Å². The Kier molecular flexibility index (Phi) is 6.42. The van der Waals surface area contributed by atoms with Crippen molar-refractivity contribution in [3.63, 3.8) is 0 Å². The Morgan fingerprint density at radius 2 is 1.82 bits per heavy atom. The van der Waals surface area contributed by atoms with Crippen molar-refractivity contribution >= 4 is 35.1 Å². The van der Waals surface area contributed by atoms with E-state index >= 15 is 0 Å². The first-order chi connectivity index (χ1) is 15.9. The summed E-state index contributed by atoms with van der Waals surface area (Å²) in [5.74, 6) is -1.96. The molecular formula is C26H28ClFN2O4. The van der Waals surface area contributed by atoms with Crippen molar-refractivity contribution in [2.24, 2.45) is 10.8 Å². The summed E-state index contributed by atoms with van der Waals surface area (Å²) in [5.41, 5.74) is 0.684. The number of hydrogen-bond donors (Lipinski definition) is 1. The number of carbonyl (C=O) groups excluding carboxylic acids is 3. The molecule has 0 spiro atoms. The summed E-state index contributed by atoms with van der Waals surface area (Å²) >= 11 is 6.06. The van der Waals surface area contributed by atoms with Crippen LogP contribution in [0.1, 0.15) is 60.7 Å². The molecule has 2 bridgehead atoms. The summed E-state index contributed by atoms with van der Waals surface area (Å²) < 4.78 is 18.5. The fraction of sp³-hybridized carbons (Fsp3) is 0.423. The lowest BCUT2D eigenvalue weighted by Crippen LogP contribution is -2.39. The van der Waals surface area contributed by atoms with E-state index in [1.807, 2.05) is 4.90 Å². The average Bonchev–Trinajstić information content (AvgIpc) is 3.01. The van der Waals surface area contributed by atoms with Gasteiger partial charge in [0.2, 0.25) is 0 Å². The van der Waals surface area contributed by atoms with Gasteiger partial charge in [0.1, 0.15) is 5.82 Å². The largest absolute Gasteiger partial charge is 0.452 e. The van der Waals surface area contributed by atoms with E-state index in [1.54, 1.807) is 0 Å². The second-order valence-electron chi connectivity index (χ2n) is 10.5. The number of nitrogens with one attached hydrogen (secondary N) is 1. The molecule has 2 amide bonds. The van der Waals surface area contributed by atoms with E-state index in [0.29, 0.717) is 11.6 Å². The molecule has 180 valence electrons. The summed E-state index contributed by atoms with van der Waals surface area (Å²) in [7, 11) is 0. The molecule has 6 nitrogen and oxygen atoms in total. The lowest BCUT2D eigenvalue weighted by atomic mass is 9.65. The molecule has 2 unspecified atom stereocenters. The van der Waals surface area contributed by atoms with E-state index in [1.165, 1.54) is 42.5 Å². The maximum atomic E-state index is 13.2. The number of hydrogen-bond acceptors (Lipinski definition) is 4. The van der Waals surface area contributed by atoms with Crippen molar-refractivity contribution in [1.29, 1.82) is 0 Å². The fourth-order valence-electron chi connectivity index (χ4n) is 5.63. The highest BCUT2D eigenvalue weighted by Gasteiger charge is 2.50. The third-order valence-corrected chi connectivity index (χ3v) is 6.85. The van der Waals surface area contributed by atoms with E-state index < -0.39 is 17.7 Å². The predicted molar refractivity (Wildman–Crippen MR) is 127 cm³/mol. The molecule has 8 heteroatoms. The number of amides is 2. The lowest BCUT2D eigenvalue weighted by Gasteiger charge is -2.39. The van der Waals surface area contributed by atoms with Crippen molar-refractivity contribution in [3.8, 4) is 0 Å². The average molecular weight is 487 g/mol. The van der Waals surface area contributed by atoms with Gasteiger partial charge in [-0.05, 0) is 72.6 Å². The van der Waals surface area contributed by atoms with Gasteiger partial charge in [0, 0.05) is 23.2 Å².